The van der Waals surface area contributed by atoms with Crippen LogP contribution in [0.15, 0.2) is 30.3 Å². The van der Waals surface area contributed by atoms with Crippen LogP contribution in [0.25, 0.3) is 11.3 Å². The molecule has 1 saturated heterocycles. The Morgan fingerprint density at radius 2 is 2.10 bits per heavy atom. The Labute approximate surface area is 114 Å². The zero-order chi connectivity index (χ0) is 14.1. The van der Waals surface area contributed by atoms with E-state index in [1.807, 2.05) is 18.2 Å². The van der Waals surface area contributed by atoms with Gasteiger partial charge in [-0.15, -0.1) is 0 Å². The predicted molar refractivity (Wildman–Crippen MR) is 73.8 cm³/mol. The van der Waals surface area contributed by atoms with Gasteiger partial charge in [-0.1, -0.05) is 12.1 Å². The fourth-order valence-electron chi connectivity index (χ4n) is 2.12. The summed E-state index contributed by atoms with van der Waals surface area (Å²) < 4.78 is 0. The predicted octanol–water partition coefficient (Wildman–Crippen LogP) is 0.122. The minimum absolute atomic E-state index is 0.0278. The number of nitrogen functional groups attached to an aromatic ring is 1. The average Bonchev–Trinajstić information content (AvgIpc) is 2.88. The van der Waals surface area contributed by atoms with Crippen molar-refractivity contribution in [1.29, 1.82) is 0 Å². The first-order valence-electron chi connectivity index (χ1n) is 6.12. The van der Waals surface area contributed by atoms with Crippen LogP contribution in [0.2, 0.25) is 0 Å². The molecule has 1 aliphatic heterocycles. The Hall–Kier alpha value is -2.83. The highest BCUT2D eigenvalue weighted by Gasteiger charge is 2.24. The Bertz CT molecular complexity index is 679. The molecule has 0 aliphatic carbocycles. The molecule has 2 heterocycles. The summed E-state index contributed by atoms with van der Waals surface area (Å²) >= 11 is 0. The van der Waals surface area contributed by atoms with Crippen LogP contribution in [0.3, 0.4) is 0 Å². The number of nitrogens with one attached hydrogen (secondary N) is 2. The zero-order valence-electron chi connectivity index (χ0n) is 10.6. The van der Waals surface area contributed by atoms with Crippen molar-refractivity contribution in [2.75, 3.05) is 23.7 Å². The van der Waals surface area contributed by atoms with Crippen molar-refractivity contribution >= 4 is 23.3 Å². The highest BCUT2D eigenvalue weighted by atomic mass is 16.2. The monoisotopic (exact) mass is 271 g/mol. The lowest BCUT2D eigenvalue weighted by molar-refractivity contribution is -0.128. The third kappa shape index (κ3) is 2.20. The molecule has 1 fully saturated rings. The van der Waals surface area contributed by atoms with Gasteiger partial charge in [-0.3, -0.25) is 14.7 Å². The van der Waals surface area contributed by atoms with Gasteiger partial charge in [-0.05, 0) is 12.1 Å². The van der Waals surface area contributed by atoms with E-state index in [9.17, 15) is 9.59 Å². The summed E-state index contributed by atoms with van der Waals surface area (Å²) in [5.41, 5.74) is 7.87. The van der Waals surface area contributed by atoms with Crippen molar-refractivity contribution in [3.63, 3.8) is 0 Å². The molecule has 2 amide bonds. The molecule has 0 spiro atoms. The van der Waals surface area contributed by atoms with Gasteiger partial charge in [-0.2, -0.15) is 5.10 Å². The molecule has 4 N–H and O–H groups in total. The molecule has 20 heavy (non-hydrogen) atoms. The lowest BCUT2D eigenvalue weighted by Crippen LogP contribution is -2.51. The number of aromatic amines is 1. The second kappa shape index (κ2) is 4.69. The number of H-pyrrole nitrogens is 1. The van der Waals surface area contributed by atoms with E-state index < -0.39 is 0 Å². The number of nitrogens with zero attached hydrogens (tertiary/aromatic N) is 2. The molecule has 0 atom stereocenters. The van der Waals surface area contributed by atoms with Crippen LogP contribution < -0.4 is 16.0 Å². The molecule has 7 nitrogen and oxygen atoms in total. The number of anilines is 2. The first-order valence-corrected chi connectivity index (χ1v) is 6.12. The van der Waals surface area contributed by atoms with Crippen molar-refractivity contribution in [2.24, 2.45) is 0 Å². The van der Waals surface area contributed by atoms with Gasteiger partial charge >= 0.3 is 0 Å². The van der Waals surface area contributed by atoms with Crippen LogP contribution in [0.4, 0.5) is 11.5 Å². The normalized spacial score (nSPS) is 15.3. The molecule has 7 heteroatoms. The number of rotatable bonds is 2. The van der Waals surface area contributed by atoms with Gasteiger partial charge in [0.2, 0.25) is 11.8 Å². The molecule has 0 radical (unpaired) electrons. The minimum atomic E-state index is -0.166. The van der Waals surface area contributed by atoms with Crippen molar-refractivity contribution < 1.29 is 9.59 Å². The van der Waals surface area contributed by atoms with E-state index in [4.69, 9.17) is 5.73 Å². The highest BCUT2D eigenvalue weighted by Crippen LogP contribution is 2.24. The van der Waals surface area contributed by atoms with E-state index in [0.717, 1.165) is 11.3 Å². The second-order valence-electron chi connectivity index (χ2n) is 4.51. The maximum atomic E-state index is 11.9. The van der Waals surface area contributed by atoms with Crippen LogP contribution in [-0.2, 0) is 9.59 Å². The Morgan fingerprint density at radius 3 is 2.85 bits per heavy atom. The Morgan fingerprint density at radius 1 is 1.25 bits per heavy atom. The SMILES string of the molecule is Nc1cc(-c2cccc(N3CC(=O)NCC3=O)c2)[nH]n1. The lowest BCUT2D eigenvalue weighted by atomic mass is 10.1. The van der Waals surface area contributed by atoms with E-state index >= 15 is 0 Å². The van der Waals surface area contributed by atoms with Crippen molar-refractivity contribution in [2.45, 2.75) is 0 Å². The zero-order valence-corrected chi connectivity index (χ0v) is 10.6. The fourth-order valence-corrected chi connectivity index (χ4v) is 2.12. The third-order valence-corrected chi connectivity index (χ3v) is 3.11. The molecule has 1 aromatic carbocycles. The quantitative estimate of drug-likeness (QED) is 0.721. The number of piperazine rings is 1. The first-order chi connectivity index (χ1) is 9.63. The highest BCUT2D eigenvalue weighted by molar-refractivity contribution is 6.04. The van der Waals surface area contributed by atoms with Crippen molar-refractivity contribution in [3.8, 4) is 11.3 Å². The number of carbonyl (C=O) groups excluding carboxylic acids is 2. The minimum Gasteiger partial charge on any atom is -0.382 e. The van der Waals surface area contributed by atoms with E-state index in [2.05, 4.69) is 15.5 Å². The van der Waals surface area contributed by atoms with Gasteiger partial charge in [0.1, 0.15) is 12.4 Å². The van der Waals surface area contributed by atoms with Crippen LogP contribution in [0.1, 0.15) is 0 Å². The van der Waals surface area contributed by atoms with Gasteiger partial charge in [0, 0.05) is 17.3 Å². The molecule has 102 valence electrons. The molecule has 1 aliphatic rings. The summed E-state index contributed by atoms with van der Waals surface area (Å²) in [6, 6.07) is 9.03. The van der Waals surface area contributed by atoms with E-state index in [1.165, 1.54) is 4.90 Å². The number of amides is 2. The molecule has 3 rings (SSSR count). The summed E-state index contributed by atoms with van der Waals surface area (Å²) in [5.74, 6) is 0.102. The maximum absolute atomic E-state index is 11.9. The molecule has 0 bridgehead atoms. The fraction of sp³-hybridized carbons (Fsp3) is 0.154. The average molecular weight is 271 g/mol. The summed E-state index contributed by atoms with van der Waals surface area (Å²) in [4.78, 5) is 24.7. The van der Waals surface area contributed by atoms with Gasteiger partial charge in [-0.25, -0.2) is 0 Å². The summed E-state index contributed by atoms with van der Waals surface area (Å²) in [6.45, 7) is 0.0630. The molecular weight excluding hydrogens is 258 g/mol. The topological polar surface area (TPSA) is 104 Å². The standard InChI is InChI=1S/C13H13N5O2/c14-11-5-10(16-17-11)8-2-1-3-9(4-8)18-7-12(19)15-6-13(18)20/h1-5H,6-7H2,(H,15,19)(H3,14,16,17). The van der Waals surface area contributed by atoms with E-state index in [-0.39, 0.29) is 24.9 Å². The van der Waals surface area contributed by atoms with Gasteiger partial charge in [0.15, 0.2) is 0 Å². The van der Waals surface area contributed by atoms with Crippen LogP contribution in [0, 0.1) is 0 Å². The number of aromatic nitrogens is 2. The lowest BCUT2D eigenvalue weighted by Gasteiger charge is -2.26. The van der Waals surface area contributed by atoms with Gasteiger partial charge in [0.05, 0.1) is 12.2 Å². The second-order valence-corrected chi connectivity index (χ2v) is 4.51. The summed E-state index contributed by atoms with van der Waals surface area (Å²) in [6.07, 6.45) is 0. The molecular formula is C13H13N5O2. The summed E-state index contributed by atoms with van der Waals surface area (Å²) in [7, 11) is 0. The number of carbonyl (C=O) groups is 2. The van der Waals surface area contributed by atoms with Crippen molar-refractivity contribution in [1.82, 2.24) is 15.5 Å². The largest absolute Gasteiger partial charge is 0.382 e. The molecule has 0 unspecified atom stereocenters. The molecule has 0 saturated carbocycles. The van der Waals surface area contributed by atoms with E-state index in [1.54, 1.807) is 12.1 Å². The summed E-state index contributed by atoms with van der Waals surface area (Å²) in [5, 5.41) is 9.20. The third-order valence-electron chi connectivity index (χ3n) is 3.11. The van der Waals surface area contributed by atoms with Crippen LogP contribution in [-0.4, -0.2) is 35.1 Å². The van der Waals surface area contributed by atoms with Crippen molar-refractivity contribution in [3.05, 3.63) is 30.3 Å². The number of benzene rings is 1. The van der Waals surface area contributed by atoms with Crippen LogP contribution >= 0.6 is 0 Å². The Kier molecular flexibility index (Phi) is 2.86. The first kappa shape index (κ1) is 12.2. The number of hydrogen-bond acceptors (Lipinski definition) is 4. The Balaban J connectivity index is 1.94. The maximum Gasteiger partial charge on any atom is 0.246 e. The molecule has 2 aromatic rings. The van der Waals surface area contributed by atoms with Crippen LogP contribution in [0.5, 0.6) is 0 Å². The number of hydrogen-bond donors (Lipinski definition) is 3. The van der Waals surface area contributed by atoms with Gasteiger partial charge < -0.3 is 16.0 Å². The number of nitrogens with two attached hydrogens (primary N) is 1. The smallest absolute Gasteiger partial charge is 0.246 e. The molecule has 1 aromatic heterocycles. The van der Waals surface area contributed by atoms with Gasteiger partial charge in [0.25, 0.3) is 0 Å². The van der Waals surface area contributed by atoms with E-state index in [0.29, 0.717) is 11.5 Å².